The number of alkyl carbamates (subject to hydrolysis) is 1. The summed E-state index contributed by atoms with van der Waals surface area (Å²) in [5.74, 6) is 0.970. The summed E-state index contributed by atoms with van der Waals surface area (Å²) < 4.78 is 16.0. The van der Waals surface area contributed by atoms with Crippen LogP contribution in [0.3, 0.4) is 0 Å². The maximum absolute atomic E-state index is 12.3. The number of hydrogen-bond acceptors (Lipinski definition) is 6. The Bertz CT molecular complexity index is 737. The summed E-state index contributed by atoms with van der Waals surface area (Å²) in [6.07, 6.45) is 0.676. The van der Waals surface area contributed by atoms with Gasteiger partial charge in [-0.2, -0.15) is 0 Å². The molecule has 9 nitrogen and oxygen atoms in total. The minimum atomic E-state index is -0.615. The zero-order valence-corrected chi connectivity index (χ0v) is 18.7. The van der Waals surface area contributed by atoms with Gasteiger partial charge in [0.1, 0.15) is 23.6 Å². The Labute approximate surface area is 183 Å². The van der Waals surface area contributed by atoms with Gasteiger partial charge in [-0.25, -0.2) is 4.79 Å². The summed E-state index contributed by atoms with van der Waals surface area (Å²) in [5, 5.41) is 5.42. The summed E-state index contributed by atoms with van der Waals surface area (Å²) >= 11 is 0. The third-order valence-electron chi connectivity index (χ3n) is 4.50. The van der Waals surface area contributed by atoms with Gasteiger partial charge in [-0.1, -0.05) is 0 Å². The molecule has 3 amide bonds. The van der Waals surface area contributed by atoms with Crippen molar-refractivity contribution in [3.8, 4) is 11.5 Å². The third kappa shape index (κ3) is 9.15. The van der Waals surface area contributed by atoms with Gasteiger partial charge in [0.25, 0.3) is 5.91 Å². The summed E-state index contributed by atoms with van der Waals surface area (Å²) in [5.41, 5.74) is -0.611. The maximum Gasteiger partial charge on any atom is 0.408 e. The number of hydrogen-bond donors (Lipinski definition) is 2. The Morgan fingerprint density at radius 3 is 2.16 bits per heavy atom. The molecule has 0 spiro atoms. The van der Waals surface area contributed by atoms with Crippen molar-refractivity contribution in [1.82, 2.24) is 15.5 Å². The Morgan fingerprint density at radius 1 is 1.03 bits per heavy atom. The molecule has 0 saturated carbocycles. The first-order chi connectivity index (χ1) is 14.7. The lowest BCUT2D eigenvalue weighted by Crippen LogP contribution is -2.49. The van der Waals surface area contributed by atoms with Crippen molar-refractivity contribution in [3.63, 3.8) is 0 Å². The fourth-order valence-corrected chi connectivity index (χ4v) is 3.06. The van der Waals surface area contributed by atoms with Gasteiger partial charge in [0.05, 0.1) is 6.61 Å². The highest BCUT2D eigenvalue weighted by Gasteiger charge is 2.24. The Kier molecular flexibility index (Phi) is 8.96. The van der Waals surface area contributed by atoms with Gasteiger partial charge in [-0.15, -0.1) is 0 Å². The monoisotopic (exact) mass is 435 g/mol. The Morgan fingerprint density at radius 2 is 1.61 bits per heavy atom. The second-order valence-electron chi connectivity index (χ2n) is 8.27. The highest BCUT2D eigenvalue weighted by molar-refractivity contribution is 5.82. The molecule has 31 heavy (non-hydrogen) atoms. The molecule has 1 fully saturated rings. The minimum absolute atomic E-state index is 0.0145. The molecule has 172 valence electrons. The highest BCUT2D eigenvalue weighted by atomic mass is 16.6. The van der Waals surface area contributed by atoms with Crippen LogP contribution in [-0.2, 0) is 14.3 Å². The number of nitrogens with one attached hydrogen (secondary N) is 2. The second kappa shape index (κ2) is 11.4. The van der Waals surface area contributed by atoms with Crippen LogP contribution in [-0.4, -0.2) is 67.3 Å². The first kappa shape index (κ1) is 24.3. The molecule has 1 aliphatic rings. The predicted molar refractivity (Wildman–Crippen MR) is 115 cm³/mol. The molecule has 0 atom stereocenters. The average molecular weight is 436 g/mol. The van der Waals surface area contributed by atoms with E-state index in [1.165, 1.54) is 0 Å². The molecule has 0 bridgehead atoms. The second-order valence-corrected chi connectivity index (χ2v) is 8.27. The average Bonchev–Trinajstić information content (AvgIpc) is 2.71. The smallest absolute Gasteiger partial charge is 0.408 e. The van der Waals surface area contributed by atoms with Gasteiger partial charge < -0.3 is 29.7 Å². The number of likely N-dealkylation sites (tertiary alicyclic amines) is 1. The van der Waals surface area contributed by atoms with Crippen molar-refractivity contribution < 1.29 is 28.6 Å². The zero-order valence-electron chi connectivity index (χ0n) is 18.7. The van der Waals surface area contributed by atoms with E-state index in [9.17, 15) is 14.4 Å². The third-order valence-corrected chi connectivity index (χ3v) is 4.50. The van der Waals surface area contributed by atoms with Crippen molar-refractivity contribution in [2.45, 2.75) is 52.2 Å². The number of nitrogens with zero attached hydrogens (tertiary/aromatic N) is 1. The van der Waals surface area contributed by atoms with Gasteiger partial charge in [0, 0.05) is 19.1 Å². The predicted octanol–water partition coefficient (Wildman–Crippen LogP) is 2.10. The maximum atomic E-state index is 12.3. The van der Waals surface area contributed by atoms with Gasteiger partial charge in [-0.05, 0) is 64.8 Å². The molecule has 1 saturated heterocycles. The number of ether oxygens (including phenoxy) is 3. The van der Waals surface area contributed by atoms with Gasteiger partial charge in [0.15, 0.2) is 6.61 Å². The van der Waals surface area contributed by atoms with Crippen LogP contribution in [0.2, 0.25) is 0 Å². The molecule has 0 aromatic heterocycles. The molecule has 0 radical (unpaired) electrons. The lowest BCUT2D eigenvalue weighted by molar-refractivity contribution is -0.131. The summed E-state index contributed by atoms with van der Waals surface area (Å²) in [6.45, 7) is 8.63. The lowest BCUT2D eigenvalue weighted by Gasteiger charge is -2.32. The van der Waals surface area contributed by atoms with E-state index >= 15 is 0 Å². The van der Waals surface area contributed by atoms with Crippen LogP contribution in [0.1, 0.15) is 40.5 Å². The van der Waals surface area contributed by atoms with E-state index in [2.05, 4.69) is 10.6 Å². The van der Waals surface area contributed by atoms with Crippen LogP contribution < -0.4 is 20.1 Å². The topological polar surface area (TPSA) is 106 Å². The van der Waals surface area contributed by atoms with Crippen molar-refractivity contribution >= 4 is 17.9 Å². The van der Waals surface area contributed by atoms with E-state index in [0.717, 1.165) is 5.75 Å². The number of piperidine rings is 1. The van der Waals surface area contributed by atoms with Crippen LogP contribution in [0.5, 0.6) is 11.5 Å². The molecule has 1 aliphatic heterocycles. The van der Waals surface area contributed by atoms with Crippen molar-refractivity contribution in [2.24, 2.45) is 0 Å². The molecule has 0 aliphatic carbocycles. The largest absolute Gasteiger partial charge is 0.494 e. The molecule has 0 unspecified atom stereocenters. The molecule has 1 aromatic carbocycles. The van der Waals surface area contributed by atoms with Crippen molar-refractivity contribution in [2.75, 3.05) is 32.8 Å². The van der Waals surface area contributed by atoms with Crippen LogP contribution >= 0.6 is 0 Å². The van der Waals surface area contributed by atoms with E-state index in [-0.39, 0.29) is 31.0 Å². The first-order valence-corrected chi connectivity index (χ1v) is 10.6. The van der Waals surface area contributed by atoms with Gasteiger partial charge in [0.2, 0.25) is 5.91 Å². The van der Waals surface area contributed by atoms with Crippen LogP contribution in [0.4, 0.5) is 4.79 Å². The van der Waals surface area contributed by atoms with Crippen LogP contribution in [0.15, 0.2) is 24.3 Å². The molecule has 1 aromatic rings. The summed E-state index contributed by atoms with van der Waals surface area (Å²) in [6, 6.07) is 7.09. The SMILES string of the molecule is CCOc1ccc(OCC(=O)NC2CCN(C(=O)CNC(=O)OC(C)(C)C)CC2)cc1. The van der Waals surface area contributed by atoms with E-state index in [1.54, 1.807) is 49.9 Å². The fraction of sp³-hybridized carbons (Fsp3) is 0.591. The molecule has 1 heterocycles. The van der Waals surface area contributed by atoms with E-state index < -0.39 is 11.7 Å². The highest BCUT2D eigenvalue weighted by Crippen LogP contribution is 2.17. The number of benzene rings is 1. The summed E-state index contributed by atoms with van der Waals surface area (Å²) in [7, 11) is 0. The fourth-order valence-electron chi connectivity index (χ4n) is 3.06. The molecular formula is C22H33N3O6. The Balaban J connectivity index is 1.65. The summed E-state index contributed by atoms with van der Waals surface area (Å²) in [4.78, 5) is 37.8. The number of amides is 3. The van der Waals surface area contributed by atoms with Crippen molar-refractivity contribution in [1.29, 1.82) is 0 Å². The van der Waals surface area contributed by atoms with Crippen LogP contribution in [0.25, 0.3) is 0 Å². The lowest BCUT2D eigenvalue weighted by atomic mass is 10.0. The quantitative estimate of drug-likeness (QED) is 0.648. The number of carbonyl (C=O) groups is 3. The van der Waals surface area contributed by atoms with E-state index in [4.69, 9.17) is 14.2 Å². The molecular weight excluding hydrogens is 402 g/mol. The molecule has 2 N–H and O–H groups in total. The normalized spacial score (nSPS) is 14.5. The van der Waals surface area contributed by atoms with Crippen LogP contribution in [0, 0.1) is 0 Å². The van der Waals surface area contributed by atoms with Crippen molar-refractivity contribution in [3.05, 3.63) is 24.3 Å². The minimum Gasteiger partial charge on any atom is -0.494 e. The molecule has 9 heteroatoms. The Hall–Kier alpha value is -2.97. The number of rotatable bonds is 8. The van der Waals surface area contributed by atoms with E-state index in [1.807, 2.05) is 6.92 Å². The van der Waals surface area contributed by atoms with Gasteiger partial charge >= 0.3 is 6.09 Å². The first-order valence-electron chi connectivity index (χ1n) is 10.6. The van der Waals surface area contributed by atoms with Gasteiger partial charge in [-0.3, -0.25) is 9.59 Å². The zero-order chi connectivity index (χ0) is 22.9. The van der Waals surface area contributed by atoms with E-state index in [0.29, 0.717) is 38.3 Å². The standard InChI is InChI=1S/C22H33N3O6/c1-5-29-17-6-8-18(9-7-17)30-15-19(26)24-16-10-12-25(13-11-16)20(27)14-23-21(28)31-22(2,3)4/h6-9,16H,5,10-15H2,1-4H3,(H,23,28)(H,24,26). The molecule has 2 rings (SSSR count). The number of carbonyl (C=O) groups excluding carboxylic acids is 3.